The Labute approximate surface area is 120 Å². The van der Waals surface area contributed by atoms with Crippen LogP contribution in [0, 0.1) is 17.0 Å². The number of rotatable bonds is 5. The number of methoxy groups -OCH3 is 1. The zero-order valence-electron chi connectivity index (χ0n) is 11.6. The summed E-state index contributed by atoms with van der Waals surface area (Å²) in [6, 6.07) is 7.65. The van der Waals surface area contributed by atoms with E-state index in [1.165, 1.54) is 19.2 Å². The molecule has 1 heterocycles. The molecule has 0 aliphatic carbocycles. The molecule has 2 rings (SSSR count). The maximum atomic E-state index is 11.5. The highest BCUT2D eigenvalue weighted by Gasteiger charge is 2.15. The van der Waals surface area contributed by atoms with Crippen LogP contribution in [0.15, 0.2) is 34.7 Å². The number of non-ortho nitro benzene ring substituents is 1. The number of carbonyl (C=O) groups excluding carboxylic acids is 1. The summed E-state index contributed by atoms with van der Waals surface area (Å²) >= 11 is 0. The second-order valence-corrected chi connectivity index (χ2v) is 4.33. The standard InChI is InChI=1S/C14H14N2O5/c1-9-13(14(17)20-2)7-12(21-9)8-15-10-3-5-11(6-4-10)16(18)19/h3-7,15H,8H2,1-2H3. The fourth-order valence-electron chi connectivity index (χ4n) is 1.83. The van der Waals surface area contributed by atoms with E-state index in [0.29, 0.717) is 29.3 Å². The van der Waals surface area contributed by atoms with Crippen LogP contribution in [0.1, 0.15) is 21.9 Å². The van der Waals surface area contributed by atoms with Crippen LogP contribution >= 0.6 is 0 Å². The predicted octanol–water partition coefficient (Wildman–Crippen LogP) is 2.89. The Morgan fingerprint density at radius 1 is 1.38 bits per heavy atom. The zero-order valence-corrected chi connectivity index (χ0v) is 11.6. The van der Waals surface area contributed by atoms with Gasteiger partial charge in [-0.3, -0.25) is 10.1 Å². The summed E-state index contributed by atoms with van der Waals surface area (Å²) in [7, 11) is 1.31. The fourth-order valence-corrected chi connectivity index (χ4v) is 1.83. The smallest absolute Gasteiger partial charge is 0.341 e. The van der Waals surface area contributed by atoms with Crippen molar-refractivity contribution in [2.75, 3.05) is 12.4 Å². The molecule has 0 saturated carbocycles. The molecule has 0 spiro atoms. The first-order chi connectivity index (χ1) is 10.0. The number of nitro benzene ring substituents is 1. The van der Waals surface area contributed by atoms with Crippen molar-refractivity contribution in [3.63, 3.8) is 0 Å². The lowest BCUT2D eigenvalue weighted by Gasteiger charge is -2.03. The first kappa shape index (κ1) is 14.6. The molecule has 21 heavy (non-hydrogen) atoms. The molecule has 0 saturated heterocycles. The number of esters is 1. The summed E-state index contributed by atoms with van der Waals surface area (Å²) < 4.78 is 10.1. The van der Waals surface area contributed by atoms with Crippen LogP contribution in [0.5, 0.6) is 0 Å². The van der Waals surface area contributed by atoms with Gasteiger partial charge in [0.15, 0.2) is 0 Å². The number of furan rings is 1. The highest BCUT2D eigenvalue weighted by atomic mass is 16.6. The van der Waals surface area contributed by atoms with E-state index in [9.17, 15) is 14.9 Å². The lowest BCUT2D eigenvalue weighted by atomic mass is 10.2. The SMILES string of the molecule is COC(=O)c1cc(CNc2ccc([N+](=O)[O-])cc2)oc1C. The normalized spacial score (nSPS) is 10.2. The number of benzene rings is 1. The Kier molecular flexibility index (Phi) is 4.22. The molecule has 0 unspecified atom stereocenters. The Bertz CT molecular complexity index is 661. The van der Waals surface area contributed by atoms with Crippen LogP contribution in [-0.2, 0) is 11.3 Å². The maximum Gasteiger partial charge on any atom is 0.341 e. The van der Waals surface area contributed by atoms with Gasteiger partial charge in [0.2, 0.25) is 0 Å². The van der Waals surface area contributed by atoms with Crippen molar-refractivity contribution < 1.29 is 18.9 Å². The monoisotopic (exact) mass is 290 g/mol. The molecule has 7 nitrogen and oxygen atoms in total. The van der Waals surface area contributed by atoms with Crippen LogP contribution < -0.4 is 5.32 Å². The van der Waals surface area contributed by atoms with Gasteiger partial charge in [-0.25, -0.2) is 4.79 Å². The number of nitrogens with one attached hydrogen (secondary N) is 1. The molecule has 0 aliphatic heterocycles. The first-order valence-corrected chi connectivity index (χ1v) is 6.17. The number of anilines is 1. The van der Waals surface area contributed by atoms with E-state index in [4.69, 9.17) is 4.42 Å². The molecule has 1 N–H and O–H groups in total. The number of carbonyl (C=O) groups is 1. The van der Waals surface area contributed by atoms with E-state index in [1.807, 2.05) is 0 Å². The van der Waals surface area contributed by atoms with Crippen molar-refractivity contribution in [3.05, 3.63) is 57.5 Å². The van der Waals surface area contributed by atoms with Crippen LogP contribution in [-0.4, -0.2) is 18.0 Å². The van der Waals surface area contributed by atoms with Gasteiger partial charge >= 0.3 is 5.97 Å². The Hall–Kier alpha value is -2.83. The van der Waals surface area contributed by atoms with E-state index in [0.717, 1.165) is 0 Å². The average Bonchev–Trinajstić information content (AvgIpc) is 2.86. The topological polar surface area (TPSA) is 94.6 Å². The highest BCUT2D eigenvalue weighted by molar-refractivity contribution is 5.90. The Morgan fingerprint density at radius 2 is 2.05 bits per heavy atom. The highest BCUT2D eigenvalue weighted by Crippen LogP contribution is 2.19. The third-order valence-electron chi connectivity index (χ3n) is 2.92. The predicted molar refractivity (Wildman–Crippen MR) is 75.2 cm³/mol. The van der Waals surface area contributed by atoms with Gasteiger partial charge in [0, 0.05) is 17.8 Å². The van der Waals surface area contributed by atoms with Gasteiger partial charge in [-0.05, 0) is 25.1 Å². The van der Waals surface area contributed by atoms with Gasteiger partial charge in [0.1, 0.15) is 17.1 Å². The van der Waals surface area contributed by atoms with Crippen molar-refractivity contribution in [2.24, 2.45) is 0 Å². The van der Waals surface area contributed by atoms with E-state index >= 15 is 0 Å². The molecule has 0 aliphatic rings. The summed E-state index contributed by atoms with van der Waals surface area (Å²) in [5, 5.41) is 13.6. The van der Waals surface area contributed by atoms with E-state index in [1.54, 1.807) is 25.1 Å². The molecule has 1 aromatic carbocycles. The minimum atomic E-state index is -0.456. The average molecular weight is 290 g/mol. The van der Waals surface area contributed by atoms with Crippen LogP contribution in [0.3, 0.4) is 0 Å². The largest absolute Gasteiger partial charge is 0.465 e. The maximum absolute atomic E-state index is 11.5. The van der Waals surface area contributed by atoms with Gasteiger partial charge in [-0.2, -0.15) is 0 Å². The van der Waals surface area contributed by atoms with Gasteiger partial charge in [0.25, 0.3) is 5.69 Å². The number of hydrogen-bond donors (Lipinski definition) is 1. The summed E-state index contributed by atoms with van der Waals surface area (Å²) in [5.74, 6) is 0.617. The summed E-state index contributed by atoms with van der Waals surface area (Å²) in [6.45, 7) is 2.04. The van der Waals surface area contributed by atoms with Gasteiger partial charge in [-0.1, -0.05) is 0 Å². The van der Waals surface area contributed by atoms with Gasteiger partial charge in [-0.15, -0.1) is 0 Å². The third-order valence-corrected chi connectivity index (χ3v) is 2.92. The molecule has 7 heteroatoms. The molecule has 0 bridgehead atoms. The second kappa shape index (κ2) is 6.08. The summed E-state index contributed by atoms with van der Waals surface area (Å²) in [4.78, 5) is 21.6. The number of aryl methyl sites for hydroxylation is 1. The van der Waals surface area contributed by atoms with Gasteiger partial charge in [0.05, 0.1) is 18.6 Å². The van der Waals surface area contributed by atoms with E-state index in [2.05, 4.69) is 10.1 Å². The summed E-state index contributed by atoms with van der Waals surface area (Å²) in [6.07, 6.45) is 0. The van der Waals surface area contributed by atoms with E-state index in [-0.39, 0.29) is 5.69 Å². The molecule has 0 atom stereocenters. The number of hydrogen-bond acceptors (Lipinski definition) is 6. The van der Waals surface area contributed by atoms with Crippen LogP contribution in [0.25, 0.3) is 0 Å². The van der Waals surface area contributed by atoms with Crippen molar-refractivity contribution in [2.45, 2.75) is 13.5 Å². The zero-order chi connectivity index (χ0) is 15.4. The van der Waals surface area contributed by atoms with E-state index < -0.39 is 10.9 Å². The fraction of sp³-hybridized carbons (Fsp3) is 0.214. The van der Waals surface area contributed by atoms with Crippen LogP contribution in [0.2, 0.25) is 0 Å². The van der Waals surface area contributed by atoms with Gasteiger partial charge < -0.3 is 14.5 Å². The van der Waals surface area contributed by atoms with Crippen molar-refractivity contribution in [1.82, 2.24) is 0 Å². The minimum absolute atomic E-state index is 0.0300. The Morgan fingerprint density at radius 3 is 2.62 bits per heavy atom. The van der Waals surface area contributed by atoms with Crippen molar-refractivity contribution in [1.29, 1.82) is 0 Å². The Balaban J connectivity index is 2.03. The molecule has 0 amide bonds. The second-order valence-electron chi connectivity index (χ2n) is 4.33. The van der Waals surface area contributed by atoms with Crippen LogP contribution in [0.4, 0.5) is 11.4 Å². The number of nitro groups is 1. The number of ether oxygens (including phenoxy) is 1. The third kappa shape index (κ3) is 3.38. The molecular formula is C14H14N2O5. The van der Waals surface area contributed by atoms with Crippen molar-refractivity contribution in [3.8, 4) is 0 Å². The number of nitrogens with zero attached hydrogens (tertiary/aromatic N) is 1. The molecule has 1 aromatic heterocycles. The summed E-state index contributed by atoms with van der Waals surface area (Å²) in [5.41, 5.74) is 1.13. The minimum Gasteiger partial charge on any atom is -0.465 e. The molecule has 0 radical (unpaired) electrons. The molecule has 110 valence electrons. The quantitative estimate of drug-likeness (QED) is 0.517. The lowest BCUT2D eigenvalue weighted by molar-refractivity contribution is -0.384. The first-order valence-electron chi connectivity index (χ1n) is 6.17. The molecule has 0 fully saturated rings. The van der Waals surface area contributed by atoms with Crippen molar-refractivity contribution >= 4 is 17.3 Å². The lowest BCUT2D eigenvalue weighted by Crippen LogP contribution is -2.01. The molecule has 2 aromatic rings. The molecular weight excluding hydrogens is 276 g/mol.